The predicted octanol–water partition coefficient (Wildman–Crippen LogP) is 3.21. The highest BCUT2D eigenvalue weighted by Gasteiger charge is 2.25. The Balaban J connectivity index is 1.82. The largest absolute Gasteiger partial charge is 0.481 e. The van der Waals surface area contributed by atoms with Gasteiger partial charge in [-0.25, -0.2) is 4.79 Å². The molecule has 6 heteroatoms. The zero-order valence-corrected chi connectivity index (χ0v) is 16.3. The Morgan fingerprint density at radius 1 is 1.26 bits per heavy atom. The van der Waals surface area contributed by atoms with E-state index in [2.05, 4.69) is 24.5 Å². The minimum absolute atomic E-state index is 0.0355. The van der Waals surface area contributed by atoms with E-state index in [0.717, 1.165) is 25.0 Å². The van der Waals surface area contributed by atoms with Crippen LogP contribution in [0.1, 0.15) is 45.1 Å². The highest BCUT2D eigenvalue weighted by molar-refractivity contribution is 5.74. The number of nitrogens with one attached hydrogen (secondary N) is 2. The fourth-order valence-electron chi connectivity index (χ4n) is 3.45. The third-order valence-corrected chi connectivity index (χ3v) is 5.09. The van der Waals surface area contributed by atoms with E-state index < -0.39 is 5.97 Å². The normalized spacial score (nSPS) is 20.9. The Kier molecular flexibility index (Phi) is 8.58. The summed E-state index contributed by atoms with van der Waals surface area (Å²) < 4.78 is 5.78. The van der Waals surface area contributed by atoms with Gasteiger partial charge < -0.3 is 20.5 Å². The van der Waals surface area contributed by atoms with Gasteiger partial charge in [0.15, 0.2) is 0 Å². The third-order valence-electron chi connectivity index (χ3n) is 5.09. The summed E-state index contributed by atoms with van der Waals surface area (Å²) in [7, 11) is 0. The van der Waals surface area contributed by atoms with Gasteiger partial charge in [-0.1, -0.05) is 44.2 Å². The summed E-state index contributed by atoms with van der Waals surface area (Å²) in [5.74, 6) is 0.0496. The molecule has 1 heterocycles. The van der Waals surface area contributed by atoms with Gasteiger partial charge in [0.2, 0.25) is 0 Å². The number of amides is 2. The first-order valence-electron chi connectivity index (χ1n) is 9.85. The van der Waals surface area contributed by atoms with Crippen LogP contribution in [0.5, 0.6) is 0 Å². The van der Waals surface area contributed by atoms with E-state index in [9.17, 15) is 9.59 Å². The Labute approximate surface area is 161 Å². The van der Waals surface area contributed by atoms with Crippen LogP contribution in [0.2, 0.25) is 0 Å². The monoisotopic (exact) mass is 376 g/mol. The SMILES string of the molecule is CC(C)C1CC(CNC(=O)NC(CCC(=O)O)Cc2ccccc2)CCO1. The van der Waals surface area contributed by atoms with Crippen molar-refractivity contribution in [3.05, 3.63) is 35.9 Å². The molecule has 0 radical (unpaired) electrons. The van der Waals surface area contributed by atoms with E-state index in [1.807, 2.05) is 30.3 Å². The number of carbonyl (C=O) groups is 2. The molecule has 27 heavy (non-hydrogen) atoms. The molecular formula is C21H32N2O4. The average molecular weight is 376 g/mol. The summed E-state index contributed by atoms with van der Waals surface area (Å²) in [6, 6.07) is 9.37. The summed E-state index contributed by atoms with van der Waals surface area (Å²) in [5.41, 5.74) is 1.08. The van der Waals surface area contributed by atoms with Gasteiger partial charge in [-0.05, 0) is 43.1 Å². The molecule has 1 saturated heterocycles. The van der Waals surface area contributed by atoms with Gasteiger partial charge in [0.25, 0.3) is 0 Å². The van der Waals surface area contributed by atoms with Crippen molar-refractivity contribution in [2.45, 2.75) is 58.1 Å². The number of hydrogen-bond donors (Lipinski definition) is 3. The first kappa shape index (κ1) is 21.2. The van der Waals surface area contributed by atoms with Crippen molar-refractivity contribution < 1.29 is 19.4 Å². The minimum Gasteiger partial charge on any atom is -0.481 e. The van der Waals surface area contributed by atoms with Crippen LogP contribution in [0.3, 0.4) is 0 Å². The van der Waals surface area contributed by atoms with Crippen LogP contribution in [0, 0.1) is 11.8 Å². The third kappa shape index (κ3) is 7.99. The molecule has 1 fully saturated rings. The van der Waals surface area contributed by atoms with E-state index in [4.69, 9.17) is 9.84 Å². The molecule has 150 valence electrons. The molecule has 0 saturated carbocycles. The quantitative estimate of drug-likeness (QED) is 0.617. The van der Waals surface area contributed by atoms with Gasteiger partial charge in [0.1, 0.15) is 0 Å². The second-order valence-electron chi connectivity index (χ2n) is 7.72. The van der Waals surface area contributed by atoms with Gasteiger partial charge in [-0.2, -0.15) is 0 Å². The number of hydrogen-bond acceptors (Lipinski definition) is 3. The molecule has 2 amide bonds. The van der Waals surface area contributed by atoms with Crippen molar-refractivity contribution in [3.8, 4) is 0 Å². The Morgan fingerprint density at radius 2 is 2.00 bits per heavy atom. The second kappa shape index (κ2) is 10.9. The molecular weight excluding hydrogens is 344 g/mol. The molecule has 1 aliphatic heterocycles. The minimum atomic E-state index is -0.850. The van der Waals surface area contributed by atoms with Crippen LogP contribution in [0.15, 0.2) is 30.3 Å². The number of carboxylic acid groups (broad SMARTS) is 1. The summed E-state index contributed by atoms with van der Waals surface area (Å²) in [4.78, 5) is 23.3. The van der Waals surface area contributed by atoms with Crippen LogP contribution in [0.4, 0.5) is 4.79 Å². The van der Waals surface area contributed by atoms with Crippen molar-refractivity contribution >= 4 is 12.0 Å². The van der Waals surface area contributed by atoms with Crippen molar-refractivity contribution in [3.63, 3.8) is 0 Å². The number of carbonyl (C=O) groups excluding carboxylic acids is 1. The maximum atomic E-state index is 12.3. The number of benzene rings is 1. The molecule has 0 spiro atoms. The van der Waals surface area contributed by atoms with E-state index in [1.54, 1.807) is 0 Å². The Morgan fingerprint density at radius 3 is 2.67 bits per heavy atom. The molecule has 1 aliphatic rings. The van der Waals surface area contributed by atoms with Crippen molar-refractivity contribution in [2.75, 3.05) is 13.2 Å². The first-order valence-corrected chi connectivity index (χ1v) is 9.85. The van der Waals surface area contributed by atoms with Gasteiger partial charge >= 0.3 is 12.0 Å². The number of ether oxygens (including phenoxy) is 1. The highest BCUT2D eigenvalue weighted by Crippen LogP contribution is 2.24. The fourth-order valence-corrected chi connectivity index (χ4v) is 3.45. The van der Waals surface area contributed by atoms with Crippen LogP contribution in [-0.2, 0) is 16.0 Å². The summed E-state index contributed by atoms with van der Waals surface area (Å²) in [6.07, 6.45) is 3.24. The first-order chi connectivity index (χ1) is 12.9. The van der Waals surface area contributed by atoms with Gasteiger partial charge in [0.05, 0.1) is 6.10 Å². The summed E-state index contributed by atoms with van der Waals surface area (Å²) in [5, 5.41) is 14.9. The van der Waals surface area contributed by atoms with Gasteiger partial charge in [0, 0.05) is 25.6 Å². The molecule has 0 bridgehead atoms. The van der Waals surface area contributed by atoms with E-state index >= 15 is 0 Å². The number of aliphatic carboxylic acids is 1. The summed E-state index contributed by atoms with van der Waals surface area (Å²) in [6.45, 7) is 5.68. The number of rotatable bonds is 9. The van der Waals surface area contributed by atoms with Crippen molar-refractivity contribution in [2.24, 2.45) is 11.8 Å². The lowest BCUT2D eigenvalue weighted by atomic mass is 9.90. The maximum absolute atomic E-state index is 12.3. The smallest absolute Gasteiger partial charge is 0.315 e. The standard InChI is InChI=1S/C21H32N2O4/c1-15(2)19-13-17(10-11-27-19)14-22-21(26)23-18(8-9-20(24)25)12-16-6-4-3-5-7-16/h3-7,15,17-19H,8-14H2,1-2H3,(H,24,25)(H2,22,23,26). The zero-order valence-electron chi connectivity index (χ0n) is 16.3. The molecule has 2 rings (SSSR count). The Bertz CT molecular complexity index is 591. The van der Waals surface area contributed by atoms with Crippen LogP contribution < -0.4 is 10.6 Å². The molecule has 3 unspecified atom stereocenters. The Hall–Kier alpha value is -2.08. The average Bonchev–Trinajstić information content (AvgIpc) is 2.65. The molecule has 1 aromatic carbocycles. The van der Waals surface area contributed by atoms with E-state index in [-0.39, 0.29) is 24.6 Å². The van der Waals surface area contributed by atoms with E-state index in [1.165, 1.54) is 0 Å². The van der Waals surface area contributed by atoms with Gasteiger partial charge in [-0.15, -0.1) is 0 Å². The molecule has 0 aliphatic carbocycles. The maximum Gasteiger partial charge on any atom is 0.315 e. The van der Waals surface area contributed by atoms with E-state index in [0.29, 0.717) is 31.2 Å². The van der Waals surface area contributed by atoms with Gasteiger partial charge in [-0.3, -0.25) is 4.79 Å². The summed E-state index contributed by atoms with van der Waals surface area (Å²) >= 11 is 0. The van der Waals surface area contributed by atoms with Crippen LogP contribution >= 0.6 is 0 Å². The lowest BCUT2D eigenvalue weighted by Crippen LogP contribution is -2.45. The fraction of sp³-hybridized carbons (Fsp3) is 0.619. The topological polar surface area (TPSA) is 87.7 Å². The van der Waals surface area contributed by atoms with Crippen LogP contribution in [-0.4, -0.2) is 42.4 Å². The molecule has 1 aromatic rings. The lowest BCUT2D eigenvalue weighted by molar-refractivity contribution is -0.137. The van der Waals surface area contributed by atoms with Crippen LogP contribution in [0.25, 0.3) is 0 Å². The molecule has 3 N–H and O–H groups in total. The highest BCUT2D eigenvalue weighted by atomic mass is 16.5. The van der Waals surface area contributed by atoms with Crippen molar-refractivity contribution in [1.29, 1.82) is 0 Å². The lowest BCUT2D eigenvalue weighted by Gasteiger charge is -2.32. The number of carboxylic acids is 1. The molecule has 6 nitrogen and oxygen atoms in total. The number of urea groups is 1. The zero-order chi connectivity index (χ0) is 19.6. The predicted molar refractivity (Wildman–Crippen MR) is 105 cm³/mol. The molecule has 3 atom stereocenters. The molecule has 0 aromatic heterocycles. The van der Waals surface area contributed by atoms with Crippen molar-refractivity contribution in [1.82, 2.24) is 10.6 Å². The second-order valence-corrected chi connectivity index (χ2v) is 7.72.